The zero-order valence-corrected chi connectivity index (χ0v) is 16.3. The van der Waals surface area contributed by atoms with E-state index in [1.54, 1.807) is 18.2 Å². The Labute approximate surface area is 161 Å². The van der Waals surface area contributed by atoms with Crippen molar-refractivity contribution in [3.05, 3.63) is 64.1 Å². The van der Waals surface area contributed by atoms with Gasteiger partial charge in [0.1, 0.15) is 5.57 Å². The number of halogens is 1. The molecule has 0 atom stereocenters. The quantitative estimate of drug-likeness (QED) is 0.599. The Bertz CT molecular complexity index is 858. The number of carbonyl (C=O) groups is 2. The highest BCUT2D eigenvalue weighted by atomic mass is 79.9. The van der Waals surface area contributed by atoms with Crippen LogP contribution in [0.15, 0.2) is 58.6 Å². The van der Waals surface area contributed by atoms with Crippen LogP contribution in [0.2, 0.25) is 0 Å². The van der Waals surface area contributed by atoms with Crippen molar-refractivity contribution in [2.24, 2.45) is 0 Å². The molecule has 2 aromatic carbocycles. The maximum absolute atomic E-state index is 12.7. The fourth-order valence-corrected chi connectivity index (χ4v) is 3.28. The molecular weight excluding hydrogens is 394 g/mol. The maximum atomic E-state index is 12.7. The van der Waals surface area contributed by atoms with Gasteiger partial charge in [0.05, 0.1) is 5.69 Å². The van der Waals surface area contributed by atoms with Crippen molar-refractivity contribution in [3.63, 3.8) is 0 Å². The van der Waals surface area contributed by atoms with E-state index in [1.807, 2.05) is 36.4 Å². The fourth-order valence-electron chi connectivity index (χ4n) is 2.89. The summed E-state index contributed by atoms with van der Waals surface area (Å²) in [7, 11) is 0. The number of hydrogen-bond donors (Lipinski definition) is 1. The lowest BCUT2D eigenvalue weighted by molar-refractivity contribution is -0.117. The molecule has 26 heavy (non-hydrogen) atoms. The van der Waals surface area contributed by atoms with E-state index < -0.39 is 5.91 Å². The molecule has 0 saturated carbocycles. The van der Waals surface area contributed by atoms with Gasteiger partial charge in [-0.15, -0.1) is 0 Å². The number of hydrogen-bond acceptors (Lipinski definition) is 3. The number of nitrogens with one attached hydrogen (secondary N) is 1. The van der Waals surface area contributed by atoms with Gasteiger partial charge in [-0.05, 0) is 55.8 Å². The lowest BCUT2D eigenvalue weighted by Crippen LogP contribution is -2.35. The van der Waals surface area contributed by atoms with Crippen molar-refractivity contribution in [2.45, 2.75) is 13.8 Å². The van der Waals surface area contributed by atoms with Crippen LogP contribution in [-0.2, 0) is 9.59 Å². The third-order valence-electron chi connectivity index (χ3n) is 4.29. The maximum Gasteiger partial charge on any atom is 0.282 e. The Kier molecular flexibility index (Phi) is 5.42. The van der Waals surface area contributed by atoms with Gasteiger partial charge in [0.15, 0.2) is 0 Å². The second kappa shape index (κ2) is 7.74. The van der Waals surface area contributed by atoms with Gasteiger partial charge in [-0.25, -0.2) is 5.01 Å². The zero-order valence-electron chi connectivity index (χ0n) is 14.7. The topological polar surface area (TPSA) is 52.7 Å². The van der Waals surface area contributed by atoms with Gasteiger partial charge in [0.2, 0.25) is 0 Å². The molecule has 2 amide bonds. The van der Waals surface area contributed by atoms with E-state index in [9.17, 15) is 9.59 Å². The monoisotopic (exact) mass is 413 g/mol. The number of benzene rings is 2. The van der Waals surface area contributed by atoms with Gasteiger partial charge >= 0.3 is 0 Å². The zero-order chi connectivity index (χ0) is 18.7. The molecule has 0 aliphatic carbocycles. The van der Waals surface area contributed by atoms with Crippen LogP contribution in [-0.4, -0.2) is 24.9 Å². The highest BCUT2D eigenvalue weighted by Crippen LogP contribution is 2.24. The van der Waals surface area contributed by atoms with Crippen LogP contribution in [0.25, 0.3) is 6.08 Å². The Morgan fingerprint density at radius 2 is 1.77 bits per heavy atom. The minimum Gasteiger partial charge on any atom is -0.372 e. The summed E-state index contributed by atoms with van der Waals surface area (Å²) < 4.78 is 0.835. The highest BCUT2D eigenvalue weighted by molar-refractivity contribution is 9.10. The van der Waals surface area contributed by atoms with Gasteiger partial charge in [-0.3, -0.25) is 15.0 Å². The molecule has 0 radical (unpaired) electrons. The van der Waals surface area contributed by atoms with E-state index >= 15 is 0 Å². The average molecular weight is 414 g/mol. The van der Waals surface area contributed by atoms with Crippen LogP contribution in [0.3, 0.4) is 0 Å². The van der Waals surface area contributed by atoms with Crippen molar-refractivity contribution in [2.75, 3.05) is 23.0 Å². The van der Waals surface area contributed by atoms with Gasteiger partial charge in [-0.2, -0.15) is 0 Å². The minimum atomic E-state index is -0.400. The predicted molar refractivity (Wildman–Crippen MR) is 108 cm³/mol. The molecule has 5 nitrogen and oxygen atoms in total. The number of hydrazine groups is 1. The fraction of sp³-hybridized carbons (Fsp3) is 0.200. The molecule has 0 aromatic heterocycles. The van der Waals surface area contributed by atoms with E-state index in [0.717, 1.165) is 28.8 Å². The van der Waals surface area contributed by atoms with Gasteiger partial charge in [0, 0.05) is 23.2 Å². The molecule has 1 fully saturated rings. The van der Waals surface area contributed by atoms with E-state index in [1.165, 1.54) is 5.01 Å². The Hall–Kier alpha value is -2.60. The summed E-state index contributed by atoms with van der Waals surface area (Å²) in [6, 6.07) is 15.1. The smallest absolute Gasteiger partial charge is 0.282 e. The molecular formula is C20H20BrN3O2. The van der Waals surface area contributed by atoms with E-state index in [0.29, 0.717) is 5.69 Å². The summed E-state index contributed by atoms with van der Waals surface area (Å²) in [4.78, 5) is 27.1. The van der Waals surface area contributed by atoms with Crippen LogP contribution in [0.5, 0.6) is 0 Å². The molecule has 0 bridgehead atoms. The minimum absolute atomic E-state index is 0.126. The number of amides is 2. The molecule has 1 N–H and O–H groups in total. The van der Waals surface area contributed by atoms with Gasteiger partial charge < -0.3 is 4.90 Å². The first-order chi connectivity index (χ1) is 12.5. The summed E-state index contributed by atoms with van der Waals surface area (Å²) in [5.74, 6) is -0.760. The average Bonchev–Trinajstić information content (AvgIpc) is 2.92. The largest absolute Gasteiger partial charge is 0.372 e. The summed E-state index contributed by atoms with van der Waals surface area (Å²) in [5.41, 5.74) is 5.28. The van der Waals surface area contributed by atoms with Crippen LogP contribution in [0.1, 0.15) is 19.4 Å². The van der Waals surface area contributed by atoms with Crippen LogP contribution in [0.4, 0.5) is 11.4 Å². The van der Waals surface area contributed by atoms with Gasteiger partial charge in [0.25, 0.3) is 11.8 Å². The summed E-state index contributed by atoms with van der Waals surface area (Å²) in [6.45, 7) is 6.08. The first kappa shape index (κ1) is 18.2. The molecule has 2 aromatic rings. The van der Waals surface area contributed by atoms with Crippen molar-refractivity contribution in [1.82, 2.24) is 5.43 Å². The molecule has 0 spiro atoms. The van der Waals surface area contributed by atoms with Crippen LogP contribution in [0, 0.1) is 0 Å². The summed E-state index contributed by atoms with van der Waals surface area (Å²) in [5, 5.41) is 1.27. The molecule has 6 heteroatoms. The van der Waals surface area contributed by atoms with Crippen LogP contribution >= 0.6 is 15.9 Å². The van der Waals surface area contributed by atoms with Crippen LogP contribution < -0.4 is 15.3 Å². The Balaban J connectivity index is 1.84. The molecule has 0 unspecified atom stereocenters. The van der Waals surface area contributed by atoms with Crippen molar-refractivity contribution in [3.8, 4) is 0 Å². The summed E-state index contributed by atoms with van der Waals surface area (Å²) in [6.07, 6.45) is 1.63. The normalized spacial score (nSPS) is 15.5. The third-order valence-corrected chi connectivity index (χ3v) is 4.78. The summed E-state index contributed by atoms with van der Waals surface area (Å²) >= 11 is 3.37. The molecule has 134 valence electrons. The number of rotatable bonds is 5. The Morgan fingerprint density at radius 1 is 1.08 bits per heavy atom. The van der Waals surface area contributed by atoms with Gasteiger partial charge in [-0.1, -0.05) is 34.1 Å². The highest BCUT2D eigenvalue weighted by Gasteiger charge is 2.34. The molecule has 1 heterocycles. The second-order valence-electron chi connectivity index (χ2n) is 5.88. The van der Waals surface area contributed by atoms with E-state index in [2.05, 4.69) is 40.1 Å². The lowest BCUT2D eigenvalue weighted by atomic mass is 10.1. The standard InChI is InChI=1S/C20H20BrN3O2/c1-3-23(4-2)16-10-8-14(9-11-16)12-18-19(25)22-24(20(18)26)17-7-5-6-15(21)13-17/h5-13H,3-4H2,1-2H3,(H,22,25)/b18-12-. The number of anilines is 2. The molecule has 3 rings (SSSR count). The predicted octanol–water partition coefficient (Wildman–Crippen LogP) is 3.76. The van der Waals surface area contributed by atoms with E-state index in [-0.39, 0.29) is 11.5 Å². The third kappa shape index (κ3) is 3.65. The van der Waals surface area contributed by atoms with Crippen molar-refractivity contribution in [1.29, 1.82) is 0 Å². The second-order valence-corrected chi connectivity index (χ2v) is 6.80. The first-order valence-corrected chi connectivity index (χ1v) is 9.30. The number of carbonyl (C=O) groups excluding carboxylic acids is 2. The SMILES string of the molecule is CCN(CC)c1ccc(/C=C2/C(=O)NN(c3cccc(Br)c3)C2=O)cc1. The van der Waals surface area contributed by atoms with Crippen molar-refractivity contribution < 1.29 is 9.59 Å². The molecule has 1 aliphatic rings. The van der Waals surface area contributed by atoms with E-state index in [4.69, 9.17) is 0 Å². The molecule has 1 saturated heterocycles. The number of nitrogens with zero attached hydrogens (tertiary/aromatic N) is 2. The molecule has 1 aliphatic heterocycles. The first-order valence-electron chi connectivity index (χ1n) is 8.51. The van der Waals surface area contributed by atoms with Crippen molar-refractivity contribution >= 4 is 45.2 Å². The Morgan fingerprint density at radius 3 is 2.38 bits per heavy atom. The lowest BCUT2D eigenvalue weighted by Gasteiger charge is -2.20.